The summed E-state index contributed by atoms with van der Waals surface area (Å²) < 4.78 is 6.55. The summed E-state index contributed by atoms with van der Waals surface area (Å²) in [5.74, 6) is 0.962. The monoisotopic (exact) mass is 292 g/mol. The summed E-state index contributed by atoms with van der Waals surface area (Å²) in [6, 6.07) is 1.46. The molecule has 0 aromatic carbocycles. The molecule has 2 heterocycles. The minimum absolute atomic E-state index is 0.300. The van der Waals surface area contributed by atoms with Gasteiger partial charge in [0.1, 0.15) is 0 Å². The molecule has 2 aliphatic carbocycles. The molecule has 3 unspecified atom stereocenters. The first-order chi connectivity index (χ1) is 10.2. The molecule has 21 heavy (non-hydrogen) atoms. The highest BCUT2D eigenvalue weighted by Gasteiger charge is 2.43. The van der Waals surface area contributed by atoms with E-state index in [0.29, 0.717) is 17.7 Å². The quantitative estimate of drug-likeness (QED) is 0.865. The Labute approximate surface area is 129 Å². The van der Waals surface area contributed by atoms with Gasteiger partial charge in [-0.2, -0.15) is 0 Å². The van der Waals surface area contributed by atoms with Crippen LogP contribution >= 0.6 is 0 Å². The van der Waals surface area contributed by atoms with Crippen molar-refractivity contribution in [3.05, 3.63) is 0 Å². The zero-order chi connectivity index (χ0) is 14.3. The minimum Gasteiger partial charge on any atom is -0.370 e. The van der Waals surface area contributed by atoms with Crippen LogP contribution in [-0.2, 0) is 4.74 Å². The van der Waals surface area contributed by atoms with Crippen molar-refractivity contribution >= 4 is 0 Å². The zero-order valence-electron chi connectivity index (χ0n) is 13.7. The summed E-state index contributed by atoms with van der Waals surface area (Å²) in [5.41, 5.74) is 0.300. The highest BCUT2D eigenvalue weighted by Crippen LogP contribution is 2.43. The lowest BCUT2D eigenvalue weighted by atomic mass is 9.98. The van der Waals surface area contributed by atoms with Gasteiger partial charge in [-0.3, -0.25) is 4.90 Å². The summed E-state index contributed by atoms with van der Waals surface area (Å²) in [4.78, 5) is 2.74. The highest BCUT2D eigenvalue weighted by atomic mass is 16.5. The third kappa shape index (κ3) is 3.16. The standard InChI is InChI=1S/C18H32N2O/c1-14-7-11-19-17(15-4-5-15)13-20(14)12-16-6-10-18(21-16)8-2-3-9-18/h14-17,19H,2-13H2,1H3. The minimum atomic E-state index is 0.300. The maximum absolute atomic E-state index is 6.55. The third-order valence-corrected chi connectivity index (χ3v) is 6.51. The van der Waals surface area contributed by atoms with Gasteiger partial charge in [-0.1, -0.05) is 12.8 Å². The van der Waals surface area contributed by atoms with E-state index < -0.39 is 0 Å². The Balaban J connectivity index is 1.35. The van der Waals surface area contributed by atoms with Gasteiger partial charge >= 0.3 is 0 Å². The van der Waals surface area contributed by atoms with E-state index in [1.807, 2.05) is 0 Å². The number of hydrogen-bond acceptors (Lipinski definition) is 3. The molecule has 4 fully saturated rings. The van der Waals surface area contributed by atoms with Crippen molar-refractivity contribution in [2.45, 2.75) is 88.5 Å². The predicted molar refractivity (Wildman–Crippen MR) is 85.5 cm³/mol. The molecule has 3 atom stereocenters. The van der Waals surface area contributed by atoms with Crippen molar-refractivity contribution in [2.75, 3.05) is 19.6 Å². The fourth-order valence-electron chi connectivity index (χ4n) is 4.90. The summed E-state index contributed by atoms with van der Waals surface area (Å²) in [6.45, 7) is 6.04. The fourth-order valence-corrected chi connectivity index (χ4v) is 4.90. The molecule has 0 amide bonds. The first-order valence-corrected chi connectivity index (χ1v) is 9.39. The second kappa shape index (κ2) is 5.82. The van der Waals surface area contributed by atoms with Crippen LogP contribution in [0.5, 0.6) is 0 Å². The van der Waals surface area contributed by atoms with E-state index in [1.54, 1.807) is 0 Å². The van der Waals surface area contributed by atoms with Crippen molar-refractivity contribution in [3.63, 3.8) is 0 Å². The van der Waals surface area contributed by atoms with Crippen molar-refractivity contribution in [2.24, 2.45) is 5.92 Å². The van der Waals surface area contributed by atoms with E-state index in [4.69, 9.17) is 4.74 Å². The van der Waals surface area contributed by atoms with Crippen LogP contribution in [-0.4, -0.2) is 48.3 Å². The van der Waals surface area contributed by atoms with Crippen LogP contribution in [0.3, 0.4) is 0 Å². The molecule has 0 bridgehead atoms. The molecular formula is C18H32N2O. The molecule has 3 heteroatoms. The Bertz CT molecular complexity index is 362. The van der Waals surface area contributed by atoms with Gasteiger partial charge in [0.05, 0.1) is 11.7 Å². The van der Waals surface area contributed by atoms with Gasteiger partial charge in [-0.25, -0.2) is 0 Å². The second-order valence-electron chi connectivity index (χ2n) is 8.16. The van der Waals surface area contributed by atoms with E-state index in [1.165, 1.54) is 77.4 Å². The van der Waals surface area contributed by atoms with Crippen molar-refractivity contribution in [1.29, 1.82) is 0 Å². The maximum atomic E-state index is 6.55. The molecule has 4 rings (SSSR count). The summed E-state index contributed by atoms with van der Waals surface area (Å²) in [6.07, 6.45) is 12.7. The molecule has 2 saturated carbocycles. The molecule has 120 valence electrons. The average molecular weight is 292 g/mol. The van der Waals surface area contributed by atoms with E-state index in [0.717, 1.165) is 12.0 Å². The van der Waals surface area contributed by atoms with Crippen molar-refractivity contribution in [3.8, 4) is 0 Å². The third-order valence-electron chi connectivity index (χ3n) is 6.51. The number of hydrogen-bond donors (Lipinski definition) is 1. The average Bonchev–Trinajstić information content (AvgIpc) is 3.15. The Morgan fingerprint density at radius 2 is 1.90 bits per heavy atom. The van der Waals surface area contributed by atoms with Crippen LogP contribution in [0.15, 0.2) is 0 Å². The van der Waals surface area contributed by atoms with Gasteiger partial charge in [0.15, 0.2) is 0 Å². The molecule has 1 N–H and O–H groups in total. The summed E-state index contributed by atoms with van der Waals surface area (Å²) in [7, 11) is 0. The SMILES string of the molecule is CC1CCNC(C2CC2)CN1CC1CCC2(CCCC2)O1. The molecule has 0 aromatic heterocycles. The van der Waals surface area contributed by atoms with Gasteiger partial charge in [0, 0.05) is 25.2 Å². The van der Waals surface area contributed by atoms with Gasteiger partial charge < -0.3 is 10.1 Å². The molecule has 2 saturated heterocycles. The van der Waals surface area contributed by atoms with Crippen LogP contribution in [0.2, 0.25) is 0 Å². The summed E-state index contributed by atoms with van der Waals surface area (Å²) >= 11 is 0. The first-order valence-electron chi connectivity index (χ1n) is 9.39. The fraction of sp³-hybridized carbons (Fsp3) is 1.00. The van der Waals surface area contributed by atoms with Crippen LogP contribution in [0, 0.1) is 5.92 Å². The summed E-state index contributed by atoms with van der Waals surface area (Å²) in [5, 5.41) is 3.79. The van der Waals surface area contributed by atoms with Crippen LogP contribution in [0.1, 0.15) is 64.7 Å². The lowest BCUT2D eigenvalue weighted by Gasteiger charge is -2.32. The lowest BCUT2D eigenvalue weighted by Crippen LogP contribution is -2.44. The van der Waals surface area contributed by atoms with Gasteiger partial charge in [0.25, 0.3) is 0 Å². The van der Waals surface area contributed by atoms with Gasteiger partial charge in [-0.15, -0.1) is 0 Å². The molecule has 0 aromatic rings. The number of ether oxygens (including phenoxy) is 1. The molecule has 1 spiro atoms. The number of rotatable bonds is 3. The highest BCUT2D eigenvalue weighted by molar-refractivity contribution is 4.96. The number of nitrogens with zero attached hydrogens (tertiary/aromatic N) is 1. The lowest BCUT2D eigenvalue weighted by molar-refractivity contribution is -0.0509. The van der Waals surface area contributed by atoms with E-state index in [2.05, 4.69) is 17.1 Å². The Morgan fingerprint density at radius 3 is 2.67 bits per heavy atom. The topological polar surface area (TPSA) is 24.5 Å². The molecule has 0 radical (unpaired) electrons. The van der Waals surface area contributed by atoms with Crippen LogP contribution < -0.4 is 5.32 Å². The number of nitrogens with one attached hydrogen (secondary N) is 1. The molecule has 2 aliphatic heterocycles. The Hall–Kier alpha value is -0.120. The normalized spacial score (nSPS) is 40.7. The first kappa shape index (κ1) is 14.5. The van der Waals surface area contributed by atoms with Crippen molar-refractivity contribution in [1.82, 2.24) is 10.2 Å². The van der Waals surface area contributed by atoms with Crippen LogP contribution in [0.25, 0.3) is 0 Å². The second-order valence-corrected chi connectivity index (χ2v) is 8.16. The van der Waals surface area contributed by atoms with E-state index in [9.17, 15) is 0 Å². The van der Waals surface area contributed by atoms with E-state index >= 15 is 0 Å². The Kier molecular flexibility index (Phi) is 4.01. The largest absolute Gasteiger partial charge is 0.370 e. The predicted octanol–water partition coefficient (Wildman–Crippen LogP) is 2.94. The van der Waals surface area contributed by atoms with Gasteiger partial charge in [0.2, 0.25) is 0 Å². The maximum Gasteiger partial charge on any atom is 0.0710 e. The molecule has 3 nitrogen and oxygen atoms in total. The van der Waals surface area contributed by atoms with Gasteiger partial charge in [-0.05, 0) is 64.3 Å². The van der Waals surface area contributed by atoms with E-state index in [-0.39, 0.29) is 0 Å². The molecule has 4 aliphatic rings. The Morgan fingerprint density at radius 1 is 1.10 bits per heavy atom. The molecular weight excluding hydrogens is 260 g/mol. The smallest absolute Gasteiger partial charge is 0.0710 e. The zero-order valence-corrected chi connectivity index (χ0v) is 13.7. The van der Waals surface area contributed by atoms with Crippen LogP contribution in [0.4, 0.5) is 0 Å². The van der Waals surface area contributed by atoms with Crippen molar-refractivity contribution < 1.29 is 4.74 Å².